The molecule has 5 nitrogen and oxygen atoms in total. The van der Waals surface area contributed by atoms with E-state index >= 15 is 0 Å². The van der Waals surface area contributed by atoms with Gasteiger partial charge in [0.2, 0.25) is 0 Å². The van der Waals surface area contributed by atoms with Crippen LogP contribution in [-0.4, -0.2) is 24.5 Å². The molecule has 1 aromatic carbocycles. The average Bonchev–Trinajstić information content (AvgIpc) is 2.53. The van der Waals surface area contributed by atoms with E-state index in [9.17, 15) is 9.59 Å². The number of carbonyl (C=O) groups is 2. The number of nitrogens with one attached hydrogen (secondary N) is 2. The zero-order valence-corrected chi connectivity index (χ0v) is 15.1. The highest BCUT2D eigenvalue weighted by molar-refractivity contribution is 6.40. The monoisotopic (exact) mass is 362 g/mol. The largest absolute Gasteiger partial charge is 0.495 e. The van der Waals surface area contributed by atoms with Crippen LogP contribution in [0.1, 0.15) is 38.5 Å². The highest BCUT2D eigenvalue weighted by Gasteiger charge is 2.51. The minimum atomic E-state index is -0.670. The maximum atomic E-state index is 12.5. The molecule has 0 unspecified atom stereocenters. The second-order valence-corrected chi connectivity index (χ2v) is 8.39. The van der Waals surface area contributed by atoms with Gasteiger partial charge in [-0.2, -0.15) is 0 Å². The summed E-state index contributed by atoms with van der Waals surface area (Å²) in [5.41, 5.74) is 0.224. The van der Waals surface area contributed by atoms with E-state index in [0.717, 1.165) is 19.3 Å². The summed E-state index contributed by atoms with van der Waals surface area (Å²) < 4.78 is 5.21. The molecule has 2 N–H and O–H groups in total. The molecule has 0 heterocycles. The van der Waals surface area contributed by atoms with Crippen LogP contribution >= 0.6 is 11.6 Å². The topological polar surface area (TPSA) is 67.4 Å². The predicted octanol–water partition coefficient (Wildman–Crippen LogP) is 3.37. The predicted molar refractivity (Wildman–Crippen MR) is 95.7 cm³/mol. The number of methoxy groups -OCH3 is 1. The van der Waals surface area contributed by atoms with Gasteiger partial charge in [-0.1, -0.05) is 11.6 Å². The summed E-state index contributed by atoms with van der Waals surface area (Å²) in [5.74, 6) is 1.37. The van der Waals surface area contributed by atoms with Crippen LogP contribution < -0.4 is 15.4 Å². The van der Waals surface area contributed by atoms with E-state index in [2.05, 4.69) is 10.6 Å². The maximum absolute atomic E-state index is 12.5. The van der Waals surface area contributed by atoms with Gasteiger partial charge in [-0.05, 0) is 74.5 Å². The summed E-state index contributed by atoms with van der Waals surface area (Å²) in [4.78, 5) is 24.9. The molecule has 134 valence electrons. The number of anilines is 1. The summed E-state index contributed by atoms with van der Waals surface area (Å²) in [5, 5.41) is 6.17. The van der Waals surface area contributed by atoms with E-state index in [-0.39, 0.29) is 5.54 Å². The number of hydrogen-bond donors (Lipinski definition) is 2. The Morgan fingerprint density at radius 1 is 1.08 bits per heavy atom. The zero-order valence-electron chi connectivity index (χ0n) is 14.3. The molecule has 0 atom stereocenters. The fourth-order valence-corrected chi connectivity index (χ4v) is 5.69. The minimum absolute atomic E-state index is 0.179. The van der Waals surface area contributed by atoms with E-state index in [1.807, 2.05) is 0 Å². The Bertz CT molecular complexity index is 683. The Hall–Kier alpha value is -1.75. The van der Waals surface area contributed by atoms with E-state index in [0.29, 0.717) is 34.2 Å². The van der Waals surface area contributed by atoms with Crippen molar-refractivity contribution in [3.05, 3.63) is 23.2 Å². The van der Waals surface area contributed by atoms with E-state index in [1.165, 1.54) is 26.4 Å². The second-order valence-electron chi connectivity index (χ2n) is 7.95. The molecule has 0 radical (unpaired) electrons. The molecule has 4 bridgehead atoms. The van der Waals surface area contributed by atoms with Gasteiger partial charge in [0.05, 0.1) is 12.8 Å². The summed E-state index contributed by atoms with van der Waals surface area (Å²) in [6.07, 6.45) is 6.92. The van der Waals surface area contributed by atoms with Crippen molar-refractivity contribution >= 4 is 29.1 Å². The lowest BCUT2D eigenvalue weighted by Crippen LogP contribution is -2.61. The first kappa shape index (κ1) is 16.7. The third-order valence-corrected chi connectivity index (χ3v) is 6.27. The number of rotatable bonds is 3. The number of hydrogen-bond acceptors (Lipinski definition) is 3. The van der Waals surface area contributed by atoms with Crippen molar-refractivity contribution in [2.45, 2.75) is 44.1 Å². The lowest BCUT2D eigenvalue weighted by Gasteiger charge is -2.56. The first-order valence-electron chi connectivity index (χ1n) is 8.93. The Kier molecular flexibility index (Phi) is 4.14. The molecule has 5 rings (SSSR count). The molecule has 25 heavy (non-hydrogen) atoms. The summed E-state index contributed by atoms with van der Waals surface area (Å²) in [6.45, 7) is 0. The highest BCUT2D eigenvalue weighted by atomic mass is 35.5. The van der Waals surface area contributed by atoms with E-state index in [4.69, 9.17) is 16.3 Å². The zero-order chi connectivity index (χ0) is 17.6. The fraction of sp³-hybridized carbons (Fsp3) is 0.579. The molecule has 6 heteroatoms. The van der Waals surface area contributed by atoms with Gasteiger partial charge in [-0.15, -0.1) is 0 Å². The second kappa shape index (κ2) is 6.20. The standard InChI is InChI=1S/C19H23ClN2O3/c1-25-16-3-2-14(20)7-15(16)21-17(23)18(24)22-19-8-11-4-12(9-19)6-13(5-11)10-19/h2-3,7,11-13H,4-6,8-10H2,1H3,(H,21,23)(H,22,24). The lowest BCUT2D eigenvalue weighted by molar-refractivity contribution is -0.139. The molecular weight excluding hydrogens is 340 g/mol. The molecule has 0 aliphatic heterocycles. The van der Waals surface area contributed by atoms with Gasteiger partial charge in [0.25, 0.3) is 0 Å². The first-order valence-corrected chi connectivity index (χ1v) is 9.31. The summed E-state index contributed by atoms with van der Waals surface area (Å²) in [7, 11) is 1.51. The lowest BCUT2D eigenvalue weighted by atomic mass is 9.53. The van der Waals surface area contributed by atoms with Crippen LogP contribution in [0.4, 0.5) is 5.69 Å². The number of amides is 2. The van der Waals surface area contributed by atoms with E-state index < -0.39 is 11.8 Å². The Morgan fingerprint density at radius 3 is 2.24 bits per heavy atom. The van der Waals surface area contributed by atoms with Crippen molar-refractivity contribution < 1.29 is 14.3 Å². The van der Waals surface area contributed by atoms with Crippen molar-refractivity contribution in [1.29, 1.82) is 0 Å². The van der Waals surface area contributed by atoms with E-state index in [1.54, 1.807) is 18.2 Å². The first-order chi connectivity index (χ1) is 12.0. The maximum Gasteiger partial charge on any atom is 0.313 e. The number of carbonyl (C=O) groups excluding carboxylic acids is 2. The van der Waals surface area contributed by atoms with Gasteiger partial charge >= 0.3 is 11.8 Å². The van der Waals surface area contributed by atoms with Crippen LogP contribution in [0.15, 0.2) is 18.2 Å². The minimum Gasteiger partial charge on any atom is -0.495 e. The Labute approximate surface area is 152 Å². The van der Waals surface area contributed by atoms with Gasteiger partial charge in [0.15, 0.2) is 0 Å². The quantitative estimate of drug-likeness (QED) is 0.810. The van der Waals surface area contributed by atoms with Gasteiger partial charge in [0.1, 0.15) is 5.75 Å². The summed E-state index contributed by atoms with van der Waals surface area (Å²) in [6, 6.07) is 4.91. The molecule has 0 spiro atoms. The van der Waals surface area contributed by atoms with Gasteiger partial charge in [-0.25, -0.2) is 0 Å². The molecule has 4 aliphatic rings. The molecule has 1 aromatic rings. The molecule has 0 aromatic heterocycles. The van der Waals surface area contributed by atoms with Gasteiger partial charge in [-0.3, -0.25) is 9.59 Å². The van der Waals surface area contributed by atoms with Gasteiger partial charge < -0.3 is 15.4 Å². The van der Waals surface area contributed by atoms with Crippen LogP contribution in [0.5, 0.6) is 5.75 Å². The third kappa shape index (κ3) is 3.22. The van der Waals surface area contributed by atoms with Crippen molar-refractivity contribution in [1.82, 2.24) is 5.32 Å². The van der Waals surface area contributed by atoms with Crippen molar-refractivity contribution in [2.75, 3.05) is 12.4 Å². The molecule has 0 saturated heterocycles. The van der Waals surface area contributed by atoms with Crippen LogP contribution in [0.2, 0.25) is 5.02 Å². The highest BCUT2D eigenvalue weighted by Crippen LogP contribution is 2.55. The van der Waals surface area contributed by atoms with Crippen LogP contribution in [0.3, 0.4) is 0 Å². The molecule has 2 amide bonds. The van der Waals surface area contributed by atoms with Crippen LogP contribution in [0, 0.1) is 17.8 Å². The number of ether oxygens (including phenoxy) is 1. The van der Waals surface area contributed by atoms with Gasteiger partial charge in [0, 0.05) is 10.6 Å². The normalized spacial score (nSPS) is 32.3. The Morgan fingerprint density at radius 2 is 1.68 bits per heavy atom. The van der Waals surface area contributed by atoms with Crippen molar-refractivity contribution in [3.8, 4) is 5.75 Å². The number of halogens is 1. The SMILES string of the molecule is COc1ccc(Cl)cc1NC(=O)C(=O)NC12CC3CC(CC(C3)C1)C2. The molecule has 4 fully saturated rings. The molecular formula is C19H23ClN2O3. The fourth-order valence-electron chi connectivity index (χ4n) is 5.52. The average molecular weight is 363 g/mol. The van der Waals surface area contributed by atoms with Crippen molar-refractivity contribution in [3.63, 3.8) is 0 Å². The number of benzene rings is 1. The third-order valence-electron chi connectivity index (χ3n) is 6.03. The smallest absolute Gasteiger partial charge is 0.313 e. The van der Waals surface area contributed by atoms with Crippen molar-refractivity contribution in [2.24, 2.45) is 17.8 Å². The Balaban J connectivity index is 1.45. The summed E-state index contributed by atoms with van der Waals surface area (Å²) >= 11 is 5.97. The van der Waals surface area contributed by atoms with Crippen LogP contribution in [0.25, 0.3) is 0 Å². The molecule has 4 aliphatic carbocycles. The molecule has 4 saturated carbocycles. The van der Waals surface area contributed by atoms with Crippen LogP contribution in [-0.2, 0) is 9.59 Å².